The van der Waals surface area contributed by atoms with Gasteiger partial charge in [-0.3, -0.25) is 14.7 Å². The number of amides is 1. The van der Waals surface area contributed by atoms with Crippen LogP contribution in [-0.2, 0) is 22.6 Å². The molecule has 0 aliphatic carbocycles. The molecule has 0 N–H and O–H groups in total. The first-order chi connectivity index (χ1) is 16.5. The van der Waals surface area contributed by atoms with Crippen LogP contribution in [0.4, 0.5) is 4.39 Å². The monoisotopic (exact) mass is 465 g/mol. The van der Waals surface area contributed by atoms with Crippen LogP contribution in [-0.4, -0.2) is 60.1 Å². The lowest BCUT2D eigenvalue weighted by molar-refractivity contribution is -0.151. The SMILES string of the molecule is COc1cccc(CN2CCO[C@@H](C(=O)N(Cc3cccc4cccnc34)CC(C)C)C2)c1F. The van der Waals surface area contributed by atoms with E-state index in [1.807, 2.05) is 35.2 Å². The van der Waals surface area contributed by atoms with Crippen LogP contribution >= 0.6 is 0 Å². The van der Waals surface area contributed by atoms with Gasteiger partial charge in [-0.1, -0.05) is 50.2 Å². The van der Waals surface area contributed by atoms with Crippen molar-refractivity contribution in [1.82, 2.24) is 14.8 Å². The van der Waals surface area contributed by atoms with Crippen molar-refractivity contribution in [2.45, 2.75) is 33.0 Å². The van der Waals surface area contributed by atoms with Crippen molar-refractivity contribution in [3.63, 3.8) is 0 Å². The van der Waals surface area contributed by atoms with Gasteiger partial charge in [-0.2, -0.15) is 0 Å². The first kappa shape index (κ1) is 24.1. The number of morpholine rings is 1. The van der Waals surface area contributed by atoms with E-state index in [1.165, 1.54) is 7.11 Å². The van der Waals surface area contributed by atoms with Crippen molar-refractivity contribution >= 4 is 16.8 Å². The maximum atomic E-state index is 14.7. The van der Waals surface area contributed by atoms with Crippen molar-refractivity contribution < 1.29 is 18.7 Å². The summed E-state index contributed by atoms with van der Waals surface area (Å²) in [6.07, 6.45) is 1.18. The summed E-state index contributed by atoms with van der Waals surface area (Å²) in [5, 5.41) is 1.05. The Morgan fingerprint density at radius 2 is 1.97 bits per heavy atom. The Morgan fingerprint density at radius 3 is 2.76 bits per heavy atom. The summed E-state index contributed by atoms with van der Waals surface area (Å²) in [5.74, 6) is 0.129. The van der Waals surface area contributed by atoms with Crippen LogP contribution in [0.5, 0.6) is 5.75 Å². The number of para-hydroxylation sites is 1. The number of benzene rings is 2. The van der Waals surface area contributed by atoms with Gasteiger partial charge >= 0.3 is 0 Å². The quantitative estimate of drug-likeness (QED) is 0.497. The van der Waals surface area contributed by atoms with Crippen molar-refractivity contribution in [2.75, 3.05) is 33.4 Å². The zero-order chi connectivity index (χ0) is 24.1. The Hall–Kier alpha value is -3.03. The number of halogens is 1. The lowest BCUT2D eigenvalue weighted by atomic mass is 10.1. The highest BCUT2D eigenvalue weighted by Gasteiger charge is 2.31. The Balaban J connectivity index is 1.50. The van der Waals surface area contributed by atoms with Gasteiger partial charge in [-0.15, -0.1) is 0 Å². The molecule has 1 saturated heterocycles. The minimum Gasteiger partial charge on any atom is -0.494 e. The predicted molar refractivity (Wildman–Crippen MR) is 130 cm³/mol. The largest absolute Gasteiger partial charge is 0.494 e. The number of aromatic nitrogens is 1. The van der Waals surface area contributed by atoms with Crippen molar-refractivity contribution in [1.29, 1.82) is 0 Å². The number of rotatable bonds is 8. The lowest BCUT2D eigenvalue weighted by Gasteiger charge is -2.35. The van der Waals surface area contributed by atoms with Crippen LogP contribution in [0.15, 0.2) is 54.7 Å². The van der Waals surface area contributed by atoms with Gasteiger partial charge in [0.15, 0.2) is 11.6 Å². The van der Waals surface area contributed by atoms with Gasteiger partial charge < -0.3 is 14.4 Å². The molecule has 0 spiro atoms. The van der Waals surface area contributed by atoms with Crippen LogP contribution in [0.2, 0.25) is 0 Å². The van der Waals surface area contributed by atoms with Crippen molar-refractivity contribution in [3.05, 3.63) is 71.7 Å². The molecule has 0 unspecified atom stereocenters. The van der Waals surface area contributed by atoms with Gasteiger partial charge in [0.05, 0.1) is 19.2 Å². The number of pyridine rings is 1. The van der Waals surface area contributed by atoms with Gasteiger partial charge in [-0.25, -0.2) is 4.39 Å². The maximum Gasteiger partial charge on any atom is 0.253 e. The molecule has 0 saturated carbocycles. The number of hydrogen-bond donors (Lipinski definition) is 0. The molecule has 6 nitrogen and oxygen atoms in total. The minimum atomic E-state index is -0.593. The average molecular weight is 466 g/mol. The van der Waals surface area contributed by atoms with Gasteiger partial charge in [0.2, 0.25) is 0 Å². The number of hydrogen-bond acceptors (Lipinski definition) is 5. The Kier molecular flexibility index (Phi) is 7.75. The van der Waals surface area contributed by atoms with E-state index in [-0.39, 0.29) is 17.5 Å². The smallest absolute Gasteiger partial charge is 0.253 e. The highest BCUT2D eigenvalue weighted by atomic mass is 19.1. The summed E-state index contributed by atoms with van der Waals surface area (Å²) in [6.45, 7) is 7.15. The summed E-state index contributed by atoms with van der Waals surface area (Å²) < 4.78 is 25.7. The van der Waals surface area contributed by atoms with Crippen LogP contribution in [0, 0.1) is 11.7 Å². The first-order valence-electron chi connectivity index (χ1n) is 11.7. The van der Waals surface area contributed by atoms with Gasteiger partial charge in [0.25, 0.3) is 5.91 Å². The summed E-state index contributed by atoms with van der Waals surface area (Å²) in [4.78, 5) is 22.1. The van der Waals surface area contributed by atoms with E-state index in [2.05, 4.69) is 23.7 Å². The third-order valence-corrected chi connectivity index (χ3v) is 6.06. The van der Waals surface area contributed by atoms with E-state index in [0.29, 0.717) is 50.8 Å². The number of ether oxygens (including phenoxy) is 2. The van der Waals surface area contributed by atoms with Crippen LogP contribution in [0.3, 0.4) is 0 Å². The molecule has 4 rings (SSSR count). The molecular formula is C27H32FN3O3. The topological polar surface area (TPSA) is 54.9 Å². The fraction of sp³-hybridized carbons (Fsp3) is 0.407. The zero-order valence-electron chi connectivity index (χ0n) is 20.0. The first-order valence-corrected chi connectivity index (χ1v) is 11.7. The third kappa shape index (κ3) is 5.54. The van der Waals surface area contributed by atoms with E-state index in [1.54, 1.807) is 24.4 Å². The fourth-order valence-electron chi connectivity index (χ4n) is 4.45. The van der Waals surface area contributed by atoms with Gasteiger partial charge in [-0.05, 0) is 23.6 Å². The second-order valence-electron chi connectivity index (χ2n) is 9.13. The number of carbonyl (C=O) groups excluding carboxylic acids is 1. The van der Waals surface area contributed by atoms with Crippen LogP contribution in [0.1, 0.15) is 25.0 Å². The summed E-state index contributed by atoms with van der Waals surface area (Å²) in [5.41, 5.74) is 2.47. The van der Waals surface area contributed by atoms with Gasteiger partial charge in [0.1, 0.15) is 6.10 Å². The Morgan fingerprint density at radius 1 is 1.21 bits per heavy atom. The molecule has 3 aromatic rings. The number of carbonyl (C=O) groups is 1. The molecule has 1 atom stereocenters. The number of nitrogens with zero attached hydrogens (tertiary/aromatic N) is 3. The second kappa shape index (κ2) is 10.9. The maximum absolute atomic E-state index is 14.7. The molecule has 0 bridgehead atoms. The van der Waals surface area contributed by atoms with Crippen molar-refractivity contribution in [2.24, 2.45) is 5.92 Å². The standard InChI is InChI=1S/C27H32FN3O3/c1-19(2)15-31(17-22-9-4-7-20-10-6-12-29-26(20)22)27(32)24-18-30(13-14-34-24)16-21-8-5-11-23(33-3)25(21)28/h4-12,19,24H,13-18H2,1-3H3/t24-/m1/s1. The Bertz CT molecular complexity index is 1130. The molecule has 1 amide bonds. The number of fused-ring (bicyclic) bond motifs is 1. The summed E-state index contributed by atoms with van der Waals surface area (Å²) in [7, 11) is 1.46. The molecule has 1 aromatic heterocycles. The molecule has 2 heterocycles. The average Bonchev–Trinajstić information content (AvgIpc) is 2.84. The molecule has 2 aromatic carbocycles. The predicted octanol–water partition coefficient (Wildman–Crippen LogP) is 4.27. The van der Waals surface area contributed by atoms with E-state index < -0.39 is 6.10 Å². The minimum absolute atomic E-state index is 0.0440. The summed E-state index contributed by atoms with van der Waals surface area (Å²) >= 11 is 0. The van der Waals surface area contributed by atoms with Crippen molar-refractivity contribution in [3.8, 4) is 5.75 Å². The molecule has 7 heteroatoms. The Labute approximate surface area is 200 Å². The highest BCUT2D eigenvalue weighted by molar-refractivity contribution is 5.84. The van der Waals surface area contributed by atoms with E-state index in [9.17, 15) is 9.18 Å². The number of methoxy groups -OCH3 is 1. The molecule has 1 fully saturated rings. The lowest BCUT2D eigenvalue weighted by Crippen LogP contribution is -2.51. The third-order valence-electron chi connectivity index (χ3n) is 6.06. The molecule has 34 heavy (non-hydrogen) atoms. The molecule has 0 radical (unpaired) electrons. The van der Waals surface area contributed by atoms with E-state index in [4.69, 9.17) is 9.47 Å². The fourth-order valence-corrected chi connectivity index (χ4v) is 4.45. The zero-order valence-corrected chi connectivity index (χ0v) is 20.0. The van der Waals surface area contributed by atoms with Gasteiger partial charge in [0, 0.05) is 49.9 Å². The summed E-state index contributed by atoms with van der Waals surface area (Å²) in [6, 6.07) is 15.1. The molecule has 1 aliphatic heterocycles. The van der Waals surface area contributed by atoms with E-state index in [0.717, 1.165) is 16.5 Å². The molecule has 180 valence electrons. The molecular weight excluding hydrogens is 433 g/mol. The highest BCUT2D eigenvalue weighted by Crippen LogP contribution is 2.23. The second-order valence-corrected chi connectivity index (χ2v) is 9.13. The van der Waals surface area contributed by atoms with Crippen LogP contribution < -0.4 is 4.74 Å². The molecule has 1 aliphatic rings. The normalized spacial score (nSPS) is 16.7. The van der Waals surface area contributed by atoms with E-state index >= 15 is 0 Å². The van der Waals surface area contributed by atoms with Crippen LogP contribution in [0.25, 0.3) is 10.9 Å².